The Morgan fingerprint density at radius 2 is 2.00 bits per heavy atom. The van der Waals surface area contributed by atoms with E-state index in [1.165, 1.54) is 25.7 Å². The SMILES string of the molecule is CCC(CCl)C(O)C1CCCC1. The maximum Gasteiger partial charge on any atom is 0.0607 e. The molecule has 1 N–H and O–H groups in total. The molecule has 1 fully saturated rings. The van der Waals surface area contributed by atoms with Crippen LogP contribution in [0.2, 0.25) is 0 Å². The molecule has 0 spiro atoms. The van der Waals surface area contributed by atoms with Crippen LogP contribution in [0.5, 0.6) is 0 Å². The van der Waals surface area contributed by atoms with Crippen LogP contribution < -0.4 is 0 Å². The highest BCUT2D eigenvalue weighted by Gasteiger charge is 2.28. The molecule has 2 heteroatoms. The lowest BCUT2D eigenvalue weighted by Gasteiger charge is -2.24. The van der Waals surface area contributed by atoms with Crippen molar-refractivity contribution in [2.45, 2.75) is 45.1 Å². The van der Waals surface area contributed by atoms with Gasteiger partial charge in [-0.05, 0) is 31.1 Å². The number of rotatable bonds is 4. The molecule has 2 atom stereocenters. The second-order valence-corrected chi connectivity index (χ2v) is 4.17. The Morgan fingerprint density at radius 1 is 1.42 bits per heavy atom. The zero-order valence-electron chi connectivity index (χ0n) is 7.80. The van der Waals surface area contributed by atoms with E-state index in [0.29, 0.717) is 17.7 Å². The number of hydrogen-bond donors (Lipinski definition) is 1. The molecule has 72 valence electrons. The van der Waals surface area contributed by atoms with E-state index >= 15 is 0 Å². The topological polar surface area (TPSA) is 20.2 Å². The van der Waals surface area contributed by atoms with E-state index in [1.807, 2.05) is 0 Å². The van der Waals surface area contributed by atoms with E-state index in [9.17, 15) is 5.11 Å². The summed E-state index contributed by atoms with van der Waals surface area (Å²) in [5.41, 5.74) is 0. The maximum absolute atomic E-state index is 9.92. The summed E-state index contributed by atoms with van der Waals surface area (Å²) in [6.45, 7) is 2.10. The van der Waals surface area contributed by atoms with Crippen LogP contribution >= 0.6 is 11.6 Å². The highest BCUT2D eigenvalue weighted by atomic mass is 35.5. The minimum absolute atomic E-state index is 0.144. The van der Waals surface area contributed by atoms with E-state index in [4.69, 9.17) is 11.6 Å². The van der Waals surface area contributed by atoms with Crippen LogP contribution in [0.25, 0.3) is 0 Å². The fourth-order valence-corrected chi connectivity index (χ4v) is 2.53. The van der Waals surface area contributed by atoms with Gasteiger partial charge in [0.15, 0.2) is 0 Å². The van der Waals surface area contributed by atoms with Crippen molar-refractivity contribution in [3.63, 3.8) is 0 Å². The molecule has 1 rings (SSSR count). The van der Waals surface area contributed by atoms with E-state index < -0.39 is 0 Å². The molecule has 1 aliphatic carbocycles. The van der Waals surface area contributed by atoms with Crippen molar-refractivity contribution in [1.82, 2.24) is 0 Å². The third-order valence-corrected chi connectivity index (χ3v) is 3.48. The minimum atomic E-state index is -0.144. The summed E-state index contributed by atoms with van der Waals surface area (Å²) in [7, 11) is 0. The van der Waals surface area contributed by atoms with E-state index in [2.05, 4.69) is 6.92 Å². The fourth-order valence-electron chi connectivity index (χ4n) is 2.13. The molecule has 0 amide bonds. The van der Waals surface area contributed by atoms with Gasteiger partial charge < -0.3 is 5.11 Å². The normalized spacial score (nSPS) is 24.2. The highest BCUT2D eigenvalue weighted by molar-refractivity contribution is 6.18. The molecule has 0 aromatic rings. The van der Waals surface area contributed by atoms with Gasteiger partial charge in [-0.15, -0.1) is 11.6 Å². The first kappa shape index (κ1) is 10.3. The van der Waals surface area contributed by atoms with Gasteiger partial charge in [0, 0.05) is 5.88 Å². The molecule has 1 nitrogen and oxygen atoms in total. The molecule has 0 bridgehead atoms. The van der Waals surface area contributed by atoms with Crippen molar-refractivity contribution in [3.05, 3.63) is 0 Å². The van der Waals surface area contributed by atoms with Gasteiger partial charge in [-0.2, -0.15) is 0 Å². The predicted molar refractivity (Wildman–Crippen MR) is 52.5 cm³/mol. The van der Waals surface area contributed by atoms with Crippen molar-refractivity contribution in [3.8, 4) is 0 Å². The molecule has 2 unspecified atom stereocenters. The van der Waals surface area contributed by atoms with E-state index in [0.717, 1.165) is 6.42 Å². The van der Waals surface area contributed by atoms with E-state index in [1.54, 1.807) is 0 Å². The third-order valence-electron chi connectivity index (χ3n) is 3.09. The number of alkyl halides is 1. The molecule has 12 heavy (non-hydrogen) atoms. The number of halogens is 1. The molecular formula is C10H19ClO. The molecule has 0 saturated heterocycles. The predicted octanol–water partition coefficient (Wildman–Crippen LogP) is 2.80. The molecule has 1 aliphatic rings. The van der Waals surface area contributed by atoms with Crippen LogP contribution in [-0.4, -0.2) is 17.1 Å². The summed E-state index contributed by atoms with van der Waals surface area (Å²) in [6.07, 6.45) is 5.85. The summed E-state index contributed by atoms with van der Waals surface area (Å²) in [5.74, 6) is 1.46. The molecule has 1 saturated carbocycles. The van der Waals surface area contributed by atoms with E-state index in [-0.39, 0.29) is 6.10 Å². The second-order valence-electron chi connectivity index (χ2n) is 3.86. The smallest absolute Gasteiger partial charge is 0.0607 e. The molecule has 0 radical (unpaired) electrons. The van der Waals surface area contributed by atoms with Gasteiger partial charge in [0.05, 0.1) is 6.10 Å². The van der Waals surface area contributed by atoms with Crippen LogP contribution in [0, 0.1) is 11.8 Å². The van der Waals surface area contributed by atoms with Crippen LogP contribution in [0.1, 0.15) is 39.0 Å². The lowest BCUT2D eigenvalue weighted by Crippen LogP contribution is -2.28. The van der Waals surface area contributed by atoms with Crippen molar-refractivity contribution < 1.29 is 5.11 Å². The maximum atomic E-state index is 9.92. The second kappa shape index (κ2) is 5.08. The Hall–Kier alpha value is 0.250. The van der Waals surface area contributed by atoms with Gasteiger partial charge in [0.2, 0.25) is 0 Å². The van der Waals surface area contributed by atoms with Crippen LogP contribution in [0.15, 0.2) is 0 Å². The van der Waals surface area contributed by atoms with Crippen molar-refractivity contribution in [2.24, 2.45) is 11.8 Å². The van der Waals surface area contributed by atoms with Gasteiger partial charge in [-0.3, -0.25) is 0 Å². The molecule has 0 aromatic carbocycles. The first-order valence-electron chi connectivity index (χ1n) is 5.03. The molecule has 0 heterocycles. The zero-order chi connectivity index (χ0) is 8.97. The van der Waals surface area contributed by atoms with Crippen LogP contribution in [0.4, 0.5) is 0 Å². The lowest BCUT2D eigenvalue weighted by atomic mass is 9.89. The van der Waals surface area contributed by atoms with Crippen molar-refractivity contribution >= 4 is 11.6 Å². The Kier molecular flexibility index (Phi) is 4.38. The van der Waals surface area contributed by atoms with Gasteiger partial charge >= 0.3 is 0 Å². The summed E-state index contributed by atoms with van der Waals surface area (Å²) < 4.78 is 0. The Bertz CT molecular complexity index is 115. The summed E-state index contributed by atoms with van der Waals surface area (Å²) >= 11 is 5.78. The highest BCUT2D eigenvalue weighted by Crippen LogP contribution is 2.31. The summed E-state index contributed by atoms with van der Waals surface area (Å²) in [5, 5.41) is 9.92. The van der Waals surface area contributed by atoms with Crippen molar-refractivity contribution in [1.29, 1.82) is 0 Å². The van der Waals surface area contributed by atoms with Gasteiger partial charge in [0.1, 0.15) is 0 Å². The van der Waals surface area contributed by atoms with Crippen molar-refractivity contribution in [2.75, 3.05) is 5.88 Å². The Morgan fingerprint density at radius 3 is 2.42 bits per heavy atom. The van der Waals surface area contributed by atoms with Gasteiger partial charge in [-0.25, -0.2) is 0 Å². The first-order valence-corrected chi connectivity index (χ1v) is 5.57. The quantitative estimate of drug-likeness (QED) is 0.676. The Labute approximate surface area is 80.1 Å². The fraction of sp³-hybridized carbons (Fsp3) is 1.00. The lowest BCUT2D eigenvalue weighted by molar-refractivity contribution is 0.0598. The number of aliphatic hydroxyl groups is 1. The Balaban J connectivity index is 2.37. The average Bonchev–Trinajstić information content (AvgIpc) is 2.58. The largest absolute Gasteiger partial charge is 0.393 e. The molecule has 0 aliphatic heterocycles. The minimum Gasteiger partial charge on any atom is -0.393 e. The standard InChI is InChI=1S/C10H19ClO/c1-2-8(7-11)10(12)9-5-3-4-6-9/h8-10,12H,2-7H2,1H3. The molecular weight excluding hydrogens is 172 g/mol. The third kappa shape index (κ3) is 2.37. The first-order chi connectivity index (χ1) is 5.79. The number of hydrogen-bond acceptors (Lipinski definition) is 1. The van der Waals surface area contributed by atoms with Gasteiger partial charge in [0.25, 0.3) is 0 Å². The number of aliphatic hydroxyl groups excluding tert-OH is 1. The summed E-state index contributed by atoms with van der Waals surface area (Å²) in [6, 6.07) is 0. The van der Waals surface area contributed by atoms with Crippen LogP contribution in [0.3, 0.4) is 0 Å². The monoisotopic (exact) mass is 190 g/mol. The van der Waals surface area contributed by atoms with Crippen LogP contribution in [-0.2, 0) is 0 Å². The zero-order valence-corrected chi connectivity index (χ0v) is 8.56. The van der Waals surface area contributed by atoms with Gasteiger partial charge in [-0.1, -0.05) is 19.8 Å². The summed E-state index contributed by atoms with van der Waals surface area (Å²) in [4.78, 5) is 0. The average molecular weight is 191 g/mol. The molecule has 0 aromatic heterocycles.